The summed E-state index contributed by atoms with van der Waals surface area (Å²) in [6.45, 7) is 0. The molecule has 94 valence electrons. The molecule has 0 saturated carbocycles. The Morgan fingerprint density at radius 1 is 1.33 bits per heavy atom. The first-order valence-electron chi connectivity index (χ1n) is 4.93. The highest BCUT2D eigenvalue weighted by molar-refractivity contribution is 9.11. The average molecular weight is 393 g/mol. The van der Waals surface area contributed by atoms with Gasteiger partial charge >= 0.3 is 0 Å². The largest absolute Gasteiger partial charge is 0.436 e. The molecule has 0 bridgehead atoms. The summed E-state index contributed by atoms with van der Waals surface area (Å²) in [6.07, 6.45) is 1.49. The molecule has 1 aromatic carbocycles. The van der Waals surface area contributed by atoms with Gasteiger partial charge in [0.05, 0.1) is 10.7 Å². The third kappa shape index (κ3) is 3.13. The summed E-state index contributed by atoms with van der Waals surface area (Å²) in [7, 11) is 1.72. The minimum absolute atomic E-state index is 0.305. The summed E-state index contributed by atoms with van der Waals surface area (Å²) < 4.78 is 7.40. The smallest absolute Gasteiger partial charge is 0.243 e. The second kappa shape index (κ2) is 5.86. The highest BCUT2D eigenvalue weighted by Gasteiger charge is 2.09. The second-order valence-electron chi connectivity index (χ2n) is 3.27. The quantitative estimate of drug-likeness (QED) is 0.835. The standard InChI is InChI=1S/C11H8Br2ClN3O/c1-15-11-16-5-8(14)10(17-11)18-9-3-2-6(12)4-7(9)13/h2-5H,1H3,(H,15,16,17). The summed E-state index contributed by atoms with van der Waals surface area (Å²) >= 11 is 12.8. The van der Waals surface area contributed by atoms with Crippen LogP contribution in [0.25, 0.3) is 0 Å². The lowest BCUT2D eigenvalue weighted by atomic mass is 10.3. The van der Waals surface area contributed by atoms with Gasteiger partial charge < -0.3 is 10.1 Å². The Labute approximate surface area is 126 Å². The van der Waals surface area contributed by atoms with E-state index in [0.29, 0.717) is 22.6 Å². The molecule has 0 aliphatic heterocycles. The maximum atomic E-state index is 5.98. The van der Waals surface area contributed by atoms with Crippen LogP contribution in [-0.2, 0) is 0 Å². The molecule has 0 fully saturated rings. The summed E-state index contributed by atoms with van der Waals surface area (Å²) in [5, 5.41) is 3.17. The van der Waals surface area contributed by atoms with Crippen LogP contribution in [0, 0.1) is 0 Å². The van der Waals surface area contributed by atoms with E-state index in [4.69, 9.17) is 16.3 Å². The van der Waals surface area contributed by atoms with Gasteiger partial charge in [0.15, 0.2) is 0 Å². The predicted octanol–water partition coefficient (Wildman–Crippen LogP) is 4.49. The summed E-state index contributed by atoms with van der Waals surface area (Å²) in [4.78, 5) is 8.12. The van der Waals surface area contributed by atoms with Gasteiger partial charge in [0.25, 0.3) is 0 Å². The fourth-order valence-corrected chi connectivity index (χ4v) is 2.46. The molecule has 0 spiro atoms. The van der Waals surface area contributed by atoms with Crippen LogP contribution in [0.2, 0.25) is 5.02 Å². The number of benzene rings is 1. The van der Waals surface area contributed by atoms with Crippen LogP contribution in [0.3, 0.4) is 0 Å². The molecule has 0 aliphatic carbocycles. The molecule has 0 aliphatic rings. The van der Waals surface area contributed by atoms with Gasteiger partial charge in [-0.05, 0) is 34.1 Å². The van der Waals surface area contributed by atoms with Crippen molar-refractivity contribution in [2.24, 2.45) is 0 Å². The maximum absolute atomic E-state index is 5.98. The fraction of sp³-hybridized carbons (Fsp3) is 0.0909. The van der Waals surface area contributed by atoms with Crippen molar-refractivity contribution >= 4 is 49.4 Å². The summed E-state index contributed by atoms with van der Waals surface area (Å²) in [5.41, 5.74) is 0. The van der Waals surface area contributed by atoms with E-state index in [1.807, 2.05) is 18.2 Å². The van der Waals surface area contributed by atoms with E-state index in [1.54, 1.807) is 7.05 Å². The molecule has 18 heavy (non-hydrogen) atoms. The minimum Gasteiger partial charge on any atom is -0.436 e. The SMILES string of the molecule is CNc1ncc(Cl)c(Oc2ccc(Br)cc2Br)n1. The number of hydrogen-bond donors (Lipinski definition) is 1. The molecule has 1 aromatic heterocycles. The van der Waals surface area contributed by atoms with Crippen LogP contribution in [0.1, 0.15) is 0 Å². The molecule has 0 saturated heterocycles. The van der Waals surface area contributed by atoms with Gasteiger partial charge in [0, 0.05) is 11.5 Å². The van der Waals surface area contributed by atoms with E-state index < -0.39 is 0 Å². The fourth-order valence-electron chi connectivity index (χ4n) is 1.21. The molecule has 1 N–H and O–H groups in total. The Balaban J connectivity index is 2.33. The molecule has 2 aromatic rings. The first-order chi connectivity index (χ1) is 8.60. The zero-order valence-corrected chi connectivity index (χ0v) is 13.2. The van der Waals surface area contributed by atoms with Gasteiger partial charge in [-0.1, -0.05) is 27.5 Å². The summed E-state index contributed by atoms with van der Waals surface area (Å²) in [5.74, 6) is 1.38. The zero-order valence-electron chi connectivity index (χ0n) is 9.25. The molecule has 0 unspecified atom stereocenters. The lowest BCUT2D eigenvalue weighted by molar-refractivity contribution is 0.460. The van der Waals surface area contributed by atoms with Crippen LogP contribution < -0.4 is 10.1 Å². The topological polar surface area (TPSA) is 47.0 Å². The molecule has 2 rings (SSSR count). The molecule has 1 heterocycles. The molecular weight excluding hydrogens is 385 g/mol. The van der Waals surface area contributed by atoms with Crippen LogP contribution in [0.15, 0.2) is 33.3 Å². The normalized spacial score (nSPS) is 10.2. The monoisotopic (exact) mass is 391 g/mol. The molecule has 0 radical (unpaired) electrons. The van der Waals surface area contributed by atoms with Gasteiger partial charge in [0.1, 0.15) is 10.8 Å². The third-order valence-corrected chi connectivity index (χ3v) is 3.41. The van der Waals surface area contributed by atoms with Crippen LogP contribution in [0.4, 0.5) is 5.95 Å². The first kappa shape index (κ1) is 13.6. The lowest BCUT2D eigenvalue weighted by Gasteiger charge is -2.09. The van der Waals surface area contributed by atoms with Crippen molar-refractivity contribution in [3.8, 4) is 11.6 Å². The van der Waals surface area contributed by atoms with E-state index >= 15 is 0 Å². The van der Waals surface area contributed by atoms with Crippen molar-refractivity contribution in [1.82, 2.24) is 9.97 Å². The lowest BCUT2D eigenvalue weighted by Crippen LogP contribution is -1.98. The van der Waals surface area contributed by atoms with Crippen molar-refractivity contribution in [3.05, 3.63) is 38.4 Å². The number of aromatic nitrogens is 2. The van der Waals surface area contributed by atoms with Crippen molar-refractivity contribution < 1.29 is 4.74 Å². The van der Waals surface area contributed by atoms with Crippen molar-refractivity contribution in [3.63, 3.8) is 0 Å². The van der Waals surface area contributed by atoms with E-state index in [1.165, 1.54) is 6.20 Å². The molecular formula is C11H8Br2ClN3O. The number of anilines is 1. The zero-order chi connectivity index (χ0) is 13.1. The van der Waals surface area contributed by atoms with E-state index in [9.17, 15) is 0 Å². The van der Waals surface area contributed by atoms with Crippen LogP contribution >= 0.6 is 43.5 Å². The van der Waals surface area contributed by atoms with Gasteiger partial charge in [-0.25, -0.2) is 4.98 Å². The highest BCUT2D eigenvalue weighted by atomic mass is 79.9. The van der Waals surface area contributed by atoms with Crippen molar-refractivity contribution in [2.75, 3.05) is 12.4 Å². The Hall–Kier alpha value is -0.850. The van der Waals surface area contributed by atoms with Gasteiger partial charge in [-0.3, -0.25) is 0 Å². The molecule has 0 atom stereocenters. The van der Waals surface area contributed by atoms with Gasteiger partial charge in [-0.2, -0.15) is 4.98 Å². The molecule has 4 nitrogen and oxygen atoms in total. The number of nitrogens with one attached hydrogen (secondary N) is 1. The predicted molar refractivity (Wildman–Crippen MR) is 78.5 cm³/mol. The maximum Gasteiger partial charge on any atom is 0.243 e. The van der Waals surface area contributed by atoms with Crippen LogP contribution in [-0.4, -0.2) is 17.0 Å². The van der Waals surface area contributed by atoms with Crippen molar-refractivity contribution in [2.45, 2.75) is 0 Å². The highest BCUT2D eigenvalue weighted by Crippen LogP contribution is 2.34. The molecule has 7 heteroatoms. The second-order valence-corrected chi connectivity index (χ2v) is 5.45. The van der Waals surface area contributed by atoms with Crippen molar-refractivity contribution in [1.29, 1.82) is 0 Å². The van der Waals surface area contributed by atoms with E-state index in [-0.39, 0.29) is 0 Å². The Bertz CT molecular complexity index is 580. The van der Waals surface area contributed by atoms with E-state index in [0.717, 1.165) is 8.95 Å². The number of rotatable bonds is 3. The Kier molecular flexibility index (Phi) is 4.42. The van der Waals surface area contributed by atoms with Gasteiger partial charge in [-0.15, -0.1) is 0 Å². The number of hydrogen-bond acceptors (Lipinski definition) is 4. The van der Waals surface area contributed by atoms with Gasteiger partial charge in [0.2, 0.25) is 11.8 Å². The Morgan fingerprint density at radius 3 is 2.78 bits per heavy atom. The first-order valence-corrected chi connectivity index (χ1v) is 6.89. The number of halogens is 3. The average Bonchev–Trinajstić information content (AvgIpc) is 2.35. The van der Waals surface area contributed by atoms with E-state index in [2.05, 4.69) is 47.1 Å². The number of ether oxygens (including phenoxy) is 1. The summed E-state index contributed by atoms with van der Waals surface area (Å²) in [6, 6.07) is 5.56. The Morgan fingerprint density at radius 2 is 2.11 bits per heavy atom. The molecule has 0 amide bonds. The van der Waals surface area contributed by atoms with Crippen LogP contribution in [0.5, 0.6) is 11.6 Å². The third-order valence-electron chi connectivity index (χ3n) is 2.04. The minimum atomic E-state index is 0.305. The number of nitrogens with zero attached hydrogens (tertiary/aromatic N) is 2.